The number of nitrogens with zero attached hydrogens (tertiary/aromatic N) is 5. The Morgan fingerprint density at radius 2 is 1.76 bits per heavy atom. The van der Waals surface area contributed by atoms with Gasteiger partial charge < -0.3 is 4.90 Å². The van der Waals surface area contributed by atoms with Gasteiger partial charge in [0.2, 0.25) is 0 Å². The fourth-order valence-electron chi connectivity index (χ4n) is 4.25. The van der Waals surface area contributed by atoms with Crippen LogP contribution in [-0.4, -0.2) is 43.8 Å². The third-order valence-corrected chi connectivity index (χ3v) is 5.92. The molecule has 6 nitrogen and oxygen atoms in total. The Labute approximate surface area is 191 Å². The SMILES string of the molecule is O=C(c1ccc(F)cc1)N1CCCC(c2nc(-c3cccnc3)ncc2-c2ccncc2)C1. The van der Waals surface area contributed by atoms with Gasteiger partial charge >= 0.3 is 0 Å². The number of likely N-dealkylation sites (tertiary alicyclic amines) is 1. The van der Waals surface area contributed by atoms with Crippen LogP contribution in [0.5, 0.6) is 0 Å². The molecule has 1 aliphatic rings. The minimum atomic E-state index is -0.353. The average molecular weight is 439 g/mol. The number of amides is 1. The standard InChI is InChI=1S/C26H22FN5O/c27-22-7-5-19(6-8-22)26(33)32-14-2-4-21(17-32)24-23(18-9-12-28-13-10-18)16-30-25(31-24)20-3-1-11-29-15-20/h1,3,5-13,15-16,21H,2,4,14,17H2. The van der Waals surface area contributed by atoms with Crippen LogP contribution in [0, 0.1) is 5.82 Å². The summed E-state index contributed by atoms with van der Waals surface area (Å²) in [6.07, 6.45) is 10.6. The molecule has 1 aliphatic heterocycles. The number of aromatic nitrogens is 4. The molecule has 1 atom stereocenters. The molecule has 1 unspecified atom stereocenters. The van der Waals surface area contributed by atoms with Crippen molar-refractivity contribution in [2.24, 2.45) is 0 Å². The third kappa shape index (κ3) is 4.48. The maximum absolute atomic E-state index is 13.3. The van der Waals surface area contributed by atoms with Crippen molar-refractivity contribution in [3.05, 3.63) is 96.6 Å². The fourth-order valence-corrected chi connectivity index (χ4v) is 4.25. The Balaban J connectivity index is 1.50. The molecule has 3 aromatic heterocycles. The van der Waals surface area contributed by atoms with E-state index in [9.17, 15) is 9.18 Å². The van der Waals surface area contributed by atoms with Crippen molar-refractivity contribution in [3.8, 4) is 22.5 Å². The van der Waals surface area contributed by atoms with Crippen LogP contribution >= 0.6 is 0 Å². The summed E-state index contributed by atoms with van der Waals surface area (Å²) in [5.41, 5.74) is 4.16. The van der Waals surface area contributed by atoms with Gasteiger partial charge in [0.05, 0.1) is 5.69 Å². The maximum atomic E-state index is 13.3. The summed E-state index contributed by atoms with van der Waals surface area (Å²) in [5.74, 6) is 0.211. The van der Waals surface area contributed by atoms with Crippen LogP contribution in [0.4, 0.5) is 4.39 Å². The van der Waals surface area contributed by atoms with Gasteiger partial charge in [0.25, 0.3) is 5.91 Å². The van der Waals surface area contributed by atoms with Crippen LogP contribution in [0.25, 0.3) is 22.5 Å². The predicted octanol–water partition coefficient (Wildman–Crippen LogP) is 4.76. The van der Waals surface area contributed by atoms with Gasteiger partial charge in [-0.05, 0) is 66.9 Å². The van der Waals surface area contributed by atoms with E-state index in [0.717, 1.165) is 35.2 Å². The predicted molar refractivity (Wildman–Crippen MR) is 123 cm³/mol. The summed E-state index contributed by atoms with van der Waals surface area (Å²) in [6.45, 7) is 1.20. The van der Waals surface area contributed by atoms with Crippen LogP contribution in [0.15, 0.2) is 79.5 Å². The topological polar surface area (TPSA) is 71.9 Å². The van der Waals surface area contributed by atoms with Crippen molar-refractivity contribution in [2.45, 2.75) is 18.8 Å². The number of pyridine rings is 2. The molecule has 0 radical (unpaired) electrons. The quantitative estimate of drug-likeness (QED) is 0.459. The summed E-state index contributed by atoms with van der Waals surface area (Å²) >= 11 is 0. The third-order valence-electron chi connectivity index (χ3n) is 5.92. The lowest BCUT2D eigenvalue weighted by Gasteiger charge is -2.33. The van der Waals surface area contributed by atoms with E-state index < -0.39 is 0 Å². The van der Waals surface area contributed by atoms with Crippen molar-refractivity contribution in [1.82, 2.24) is 24.8 Å². The number of carbonyl (C=O) groups is 1. The molecule has 164 valence electrons. The first-order valence-corrected chi connectivity index (χ1v) is 10.9. The summed E-state index contributed by atoms with van der Waals surface area (Å²) in [6, 6.07) is 13.4. The molecule has 1 amide bonds. The molecular weight excluding hydrogens is 417 g/mol. The Morgan fingerprint density at radius 3 is 2.52 bits per heavy atom. The van der Waals surface area contributed by atoms with Gasteiger partial charge in [-0.15, -0.1) is 0 Å². The Hall–Kier alpha value is -4.00. The molecule has 0 saturated carbocycles. The zero-order valence-corrected chi connectivity index (χ0v) is 17.9. The minimum absolute atomic E-state index is 0.0461. The fraction of sp³-hybridized carbons (Fsp3) is 0.192. The lowest BCUT2D eigenvalue weighted by Crippen LogP contribution is -2.39. The van der Waals surface area contributed by atoms with Crippen molar-refractivity contribution < 1.29 is 9.18 Å². The molecule has 0 N–H and O–H groups in total. The molecule has 1 aromatic carbocycles. The molecular formula is C26H22FN5O. The highest BCUT2D eigenvalue weighted by Gasteiger charge is 2.29. The van der Waals surface area contributed by atoms with Crippen molar-refractivity contribution in [3.63, 3.8) is 0 Å². The first kappa shape index (κ1) is 20.9. The van der Waals surface area contributed by atoms with E-state index in [0.29, 0.717) is 24.5 Å². The molecule has 4 heterocycles. The number of hydrogen-bond donors (Lipinski definition) is 0. The second-order valence-electron chi connectivity index (χ2n) is 8.07. The van der Waals surface area contributed by atoms with Gasteiger partial charge in [-0.1, -0.05) is 0 Å². The molecule has 33 heavy (non-hydrogen) atoms. The molecule has 1 fully saturated rings. The first-order valence-electron chi connectivity index (χ1n) is 10.9. The van der Waals surface area contributed by atoms with Gasteiger partial charge in [-0.3, -0.25) is 14.8 Å². The van der Waals surface area contributed by atoms with E-state index >= 15 is 0 Å². The lowest BCUT2D eigenvalue weighted by molar-refractivity contribution is 0.0706. The van der Waals surface area contributed by atoms with E-state index in [2.05, 4.69) is 15.0 Å². The number of carbonyl (C=O) groups excluding carboxylic acids is 1. The highest BCUT2D eigenvalue weighted by molar-refractivity contribution is 5.94. The van der Waals surface area contributed by atoms with E-state index in [1.807, 2.05) is 35.4 Å². The van der Waals surface area contributed by atoms with E-state index in [4.69, 9.17) is 4.98 Å². The van der Waals surface area contributed by atoms with Gasteiger partial charge in [0, 0.05) is 66.7 Å². The highest BCUT2D eigenvalue weighted by Crippen LogP contribution is 2.34. The zero-order valence-electron chi connectivity index (χ0n) is 17.9. The maximum Gasteiger partial charge on any atom is 0.253 e. The Bertz CT molecular complexity index is 1250. The summed E-state index contributed by atoms with van der Waals surface area (Å²) in [7, 11) is 0. The Morgan fingerprint density at radius 1 is 0.939 bits per heavy atom. The normalized spacial score (nSPS) is 15.9. The molecule has 4 aromatic rings. The van der Waals surface area contributed by atoms with Gasteiger partial charge in [-0.25, -0.2) is 14.4 Å². The molecule has 7 heteroatoms. The summed E-state index contributed by atoms with van der Waals surface area (Å²) < 4.78 is 13.3. The molecule has 1 saturated heterocycles. The van der Waals surface area contributed by atoms with Crippen molar-refractivity contribution in [2.75, 3.05) is 13.1 Å². The number of halogens is 1. The van der Waals surface area contributed by atoms with Gasteiger partial charge in [0.15, 0.2) is 5.82 Å². The van der Waals surface area contributed by atoms with Gasteiger partial charge in [-0.2, -0.15) is 0 Å². The van der Waals surface area contributed by atoms with E-state index in [1.54, 1.807) is 24.8 Å². The second-order valence-corrected chi connectivity index (χ2v) is 8.07. The molecule has 0 bridgehead atoms. The summed E-state index contributed by atoms with van der Waals surface area (Å²) in [4.78, 5) is 32.8. The van der Waals surface area contributed by atoms with E-state index in [-0.39, 0.29) is 17.6 Å². The van der Waals surface area contributed by atoms with Gasteiger partial charge in [0.1, 0.15) is 5.82 Å². The lowest BCUT2D eigenvalue weighted by atomic mass is 9.89. The molecule has 0 spiro atoms. The van der Waals surface area contributed by atoms with Crippen molar-refractivity contribution in [1.29, 1.82) is 0 Å². The van der Waals surface area contributed by atoms with E-state index in [1.165, 1.54) is 24.3 Å². The zero-order chi connectivity index (χ0) is 22.6. The monoisotopic (exact) mass is 439 g/mol. The van der Waals surface area contributed by atoms with Crippen LogP contribution in [0.3, 0.4) is 0 Å². The van der Waals surface area contributed by atoms with Crippen LogP contribution in [0.2, 0.25) is 0 Å². The number of benzene rings is 1. The first-order chi connectivity index (χ1) is 16.2. The number of rotatable bonds is 4. The average Bonchev–Trinajstić information content (AvgIpc) is 2.89. The number of hydrogen-bond acceptors (Lipinski definition) is 5. The van der Waals surface area contributed by atoms with Crippen LogP contribution in [0.1, 0.15) is 34.8 Å². The highest BCUT2D eigenvalue weighted by atomic mass is 19.1. The number of piperidine rings is 1. The molecule has 5 rings (SSSR count). The minimum Gasteiger partial charge on any atom is -0.338 e. The second kappa shape index (κ2) is 9.24. The summed E-state index contributed by atoms with van der Waals surface area (Å²) in [5, 5.41) is 0. The largest absolute Gasteiger partial charge is 0.338 e. The van der Waals surface area contributed by atoms with Crippen LogP contribution < -0.4 is 0 Å². The smallest absolute Gasteiger partial charge is 0.253 e. The molecule has 0 aliphatic carbocycles. The van der Waals surface area contributed by atoms with Crippen LogP contribution in [-0.2, 0) is 0 Å². The van der Waals surface area contributed by atoms with Crippen molar-refractivity contribution >= 4 is 5.91 Å². The Kier molecular flexibility index (Phi) is 5.85.